The largest absolute Gasteiger partial charge is 0.368 e. The number of aromatic nitrogens is 3. The summed E-state index contributed by atoms with van der Waals surface area (Å²) in [5, 5.41) is 16.3. The summed E-state index contributed by atoms with van der Waals surface area (Å²) in [7, 11) is -0.911. The van der Waals surface area contributed by atoms with E-state index in [1.165, 1.54) is 0 Å². The van der Waals surface area contributed by atoms with Crippen molar-refractivity contribution in [3.63, 3.8) is 0 Å². The van der Waals surface area contributed by atoms with Gasteiger partial charge in [-0.05, 0) is 12.5 Å². The van der Waals surface area contributed by atoms with Crippen molar-refractivity contribution in [3.8, 4) is 0 Å². The zero-order chi connectivity index (χ0) is 14.1. The fourth-order valence-corrected chi connectivity index (χ4v) is 1.78. The minimum atomic E-state index is -0.911. The molecule has 12 heteroatoms. The minimum absolute atomic E-state index is 0.0195. The Balaban J connectivity index is 2.23. The molecule has 0 aliphatic rings. The van der Waals surface area contributed by atoms with Crippen LogP contribution in [-0.4, -0.2) is 42.5 Å². The van der Waals surface area contributed by atoms with Gasteiger partial charge in [0.25, 0.3) is 0 Å². The first-order valence-corrected chi connectivity index (χ1v) is 6.94. The molecule has 0 saturated heterocycles. The Kier molecular flexibility index (Phi) is 6.45. The van der Waals surface area contributed by atoms with Crippen molar-refractivity contribution in [2.24, 2.45) is 0 Å². The van der Waals surface area contributed by atoms with Crippen LogP contribution in [0, 0.1) is 0 Å². The van der Waals surface area contributed by atoms with Crippen LogP contribution in [0.15, 0.2) is 0 Å². The molecular formula is C7H15N7O4Si. The molecule has 0 unspecified atom stereocenters. The van der Waals surface area contributed by atoms with E-state index in [0.717, 1.165) is 6.04 Å². The van der Waals surface area contributed by atoms with Crippen LogP contribution in [0.3, 0.4) is 0 Å². The van der Waals surface area contributed by atoms with Crippen molar-refractivity contribution in [3.05, 3.63) is 0 Å². The van der Waals surface area contributed by atoms with E-state index in [-0.39, 0.29) is 17.8 Å². The summed E-state index contributed by atoms with van der Waals surface area (Å²) in [5.41, 5.74) is 10.7. The smallest absolute Gasteiger partial charge is 0.321 e. The molecule has 7 N–H and O–H groups in total. The molecule has 2 amide bonds. The van der Waals surface area contributed by atoms with Gasteiger partial charge in [0, 0.05) is 6.54 Å². The fourth-order valence-electron chi connectivity index (χ4n) is 1.14. The van der Waals surface area contributed by atoms with Crippen molar-refractivity contribution < 1.29 is 19.7 Å². The van der Waals surface area contributed by atoms with Crippen LogP contribution in [0.2, 0.25) is 6.04 Å². The highest BCUT2D eigenvalue weighted by Crippen LogP contribution is 2.02. The summed E-state index contributed by atoms with van der Waals surface area (Å²) in [6.45, 7) is 0.434. The Hall–Kier alpha value is -2.02. The summed E-state index contributed by atoms with van der Waals surface area (Å²) in [6.07, 6.45) is 0.699. The van der Waals surface area contributed by atoms with Gasteiger partial charge in [0.2, 0.25) is 27.6 Å². The van der Waals surface area contributed by atoms with E-state index in [2.05, 4.69) is 35.2 Å². The molecule has 0 aromatic carbocycles. The molecule has 11 nitrogen and oxygen atoms in total. The molecule has 19 heavy (non-hydrogen) atoms. The summed E-state index contributed by atoms with van der Waals surface area (Å²) >= 11 is 0. The summed E-state index contributed by atoms with van der Waals surface area (Å²) < 4.78 is 4.37. The highest BCUT2D eigenvalue weighted by atomic mass is 28.2. The van der Waals surface area contributed by atoms with Crippen LogP contribution in [0.25, 0.3) is 0 Å². The molecule has 0 fully saturated rings. The van der Waals surface area contributed by atoms with Crippen LogP contribution >= 0.6 is 0 Å². The number of nitrogens with zero attached hydrogens (tertiary/aromatic N) is 3. The Morgan fingerprint density at radius 2 is 2.00 bits per heavy atom. The number of nitrogen functional groups attached to an aromatic ring is 2. The van der Waals surface area contributed by atoms with Crippen LogP contribution < -0.4 is 22.1 Å². The molecule has 0 bridgehead atoms. The number of hydrogen-bond acceptors (Lipinski definition) is 9. The van der Waals surface area contributed by atoms with E-state index in [9.17, 15) is 4.79 Å². The van der Waals surface area contributed by atoms with Gasteiger partial charge in [-0.25, -0.2) is 10.1 Å². The van der Waals surface area contributed by atoms with Crippen molar-refractivity contribution >= 4 is 33.6 Å². The third kappa shape index (κ3) is 6.46. The lowest BCUT2D eigenvalue weighted by molar-refractivity contribution is -0.442. The molecule has 0 saturated carbocycles. The lowest BCUT2D eigenvalue weighted by atomic mass is 10.5. The Morgan fingerprint density at radius 1 is 1.32 bits per heavy atom. The van der Waals surface area contributed by atoms with Gasteiger partial charge in [0.05, 0.1) is 0 Å². The van der Waals surface area contributed by atoms with E-state index in [1.807, 2.05) is 0 Å². The second-order valence-electron chi connectivity index (χ2n) is 3.36. The van der Waals surface area contributed by atoms with E-state index >= 15 is 0 Å². The van der Waals surface area contributed by atoms with E-state index in [4.69, 9.17) is 16.7 Å². The second-order valence-corrected chi connectivity index (χ2v) is 4.71. The molecule has 1 aromatic rings. The van der Waals surface area contributed by atoms with Gasteiger partial charge in [-0.1, -0.05) is 5.04 Å². The Labute approximate surface area is 110 Å². The first-order valence-electron chi connectivity index (χ1n) is 5.36. The van der Waals surface area contributed by atoms with Gasteiger partial charge in [-0.2, -0.15) is 15.0 Å². The zero-order valence-electron chi connectivity index (χ0n) is 10.00. The highest BCUT2D eigenvalue weighted by Gasteiger charge is 2.06. The lowest BCUT2D eigenvalue weighted by Crippen LogP contribution is -2.30. The first-order chi connectivity index (χ1) is 9.11. The third-order valence-electron chi connectivity index (χ3n) is 1.89. The van der Waals surface area contributed by atoms with Gasteiger partial charge in [0.1, 0.15) is 0 Å². The third-order valence-corrected chi connectivity index (χ3v) is 2.95. The normalized spacial score (nSPS) is 10.8. The average Bonchev–Trinajstić information content (AvgIpc) is 2.32. The molecule has 0 radical (unpaired) electrons. The molecule has 0 aliphatic carbocycles. The number of nitrogens with two attached hydrogens (primary N) is 2. The van der Waals surface area contributed by atoms with Crippen LogP contribution in [0.1, 0.15) is 6.42 Å². The number of amides is 2. The quantitative estimate of drug-likeness (QED) is 0.173. The molecule has 1 heterocycles. The van der Waals surface area contributed by atoms with Crippen LogP contribution in [-0.2, 0) is 9.61 Å². The molecular weight excluding hydrogens is 274 g/mol. The molecule has 1 rings (SSSR count). The maximum Gasteiger partial charge on any atom is 0.321 e. The molecule has 0 spiro atoms. The Bertz CT molecular complexity index is 400. The van der Waals surface area contributed by atoms with E-state index in [0.29, 0.717) is 13.0 Å². The number of anilines is 3. The van der Waals surface area contributed by atoms with E-state index < -0.39 is 15.8 Å². The standard InChI is InChI=1S/C7H15N7O4Si/c8-4-11-5(9)13-6(12-4)14-7(15)10-2-1-3-19-18-17-16/h16H,1-3,19H2,(H6,8,9,10,11,12,13,14,15). The monoisotopic (exact) mass is 289 g/mol. The summed E-state index contributed by atoms with van der Waals surface area (Å²) in [4.78, 5) is 22.4. The molecule has 0 atom stereocenters. The summed E-state index contributed by atoms with van der Waals surface area (Å²) in [5.74, 6) is -0.168. The number of urea groups is 1. The van der Waals surface area contributed by atoms with Gasteiger partial charge in [-0.3, -0.25) is 9.89 Å². The van der Waals surface area contributed by atoms with Crippen molar-refractivity contribution in [2.45, 2.75) is 12.5 Å². The first kappa shape index (κ1) is 15.0. The summed E-state index contributed by atoms with van der Waals surface area (Å²) in [6, 6.07) is 0.262. The number of carbonyl (C=O) groups is 1. The predicted molar refractivity (Wildman–Crippen MR) is 68.4 cm³/mol. The number of rotatable bonds is 7. The number of nitrogens with one attached hydrogen (secondary N) is 2. The van der Waals surface area contributed by atoms with Crippen LogP contribution in [0.5, 0.6) is 0 Å². The number of hydrogen-bond donors (Lipinski definition) is 5. The van der Waals surface area contributed by atoms with Gasteiger partial charge in [0.15, 0.2) is 0 Å². The zero-order valence-corrected chi connectivity index (χ0v) is 11.4. The molecule has 106 valence electrons. The lowest BCUT2D eigenvalue weighted by Gasteiger charge is -2.06. The van der Waals surface area contributed by atoms with Crippen molar-refractivity contribution in [2.75, 3.05) is 23.3 Å². The van der Waals surface area contributed by atoms with Gasteiger partial charge < -0.3 is 16.8 Å². The van der Waals surface area contributed by atoms with Gasteiger partial charge >= 0.3 is 6.03 Å². The minimum Gasteiger partial charge on any atom is -0.368 e. The van der Waals surface area contributed by atoms with Gasteiger partial charge in [-0.15, -0.1) is 0 Å². The predicted octanol–water partition coefficient (Wildman–Crippen LogP) is -1.53. The average molecular weight is 289 g/mol. The maximum absolute atomic E-state index is 11.4. The maximum atomic E-state index is 11.4. The molecule has 0 aliphatic heterocycles. The number of carbonyl (C=O) groups excluding carboxylic acids is 1. The highest BCUT2D eigenvalue weighted by molar-refractivity contribution is 6.26. The topological polar surface area (TPSA) is 171 Å². The SMILES string of the molecule is Nc1nc(N)nc(NC(=O)NCCC[SiH2]OOO)n1. The van der Waals surface area contributed by atoms with E-state index in [1.54, 1.807) is 0 Å². The fraction of sp³-hybridized carbons (Fsp3) is 0.429. The second kappa shape index (κ2) is 8.14. The van der Waals surface area contributed by atoms with Crippen LogP contribution in [0.4, 0.5) is 22.6 Å². The van der Waals surface area contributed by atoms with Crippen molar-refractivity contribution in [1.82, 2.24) is 20.3 Å². The van der Waals surface area contributed by atoms with Crippen molar-refractivity contribution in [1.29, 1.82) is 0 Å². The molecule has 1 aromatic heterocycles. The Morgan fingerprint density at radius 3 is 2.63 bits per heavy atom.